The topological polar surface area (TPSA) is 140 Å². The smallest absolute Gasteiger partial charge is 0.333 e. The number of aromatic nitrogens is 6. The van der Waals surface area contributed by atoms with Crippen LogP contribution in [0.15, 0.2) is 76.7 Å². The van der Waals surface area contributed by atoms with Gasteiger partial charge < -0.3 is 15.6 Å². The Morgan fingerprint density at radius 2 is 1.63 bits per heavy atom. The Morgan fingerprint density at radius 1 is 0.902 bits per heavy atom. The van der Waals surface area contributed by atoms with Gasteiger partial charge in [0.05, 0.1) is 5.56 Å². The molecule has 0 radical (unpaired) electrons. The predicted molar refractivity (Wildman–Crippen MR) is 154 cm³/mol. The number of H-pyrrole nitrogens is 1. The number of pyridine rings is 2. The molecule has 0 bridgehead atoms. The molecule has 11 nitrogen and oxygen atoms in total. The van der Waals surface area contributed by atoms with Gasteiger partial charge in [-0.05, 0) is 61.1 Å². The SMILES string of the molecule is O=C(NCc1ccc(CNc2ccc(-c3nc4c([nH]3)c(=O)n(C3CC3)c(=O)n4C3CC3)cn2)cc1)c1cccnc1. The maximum atomic E-state index is 13.1. The molecule has 0 spiro atoms. The van der Waals surface area contributed by atoms with Gasteiger partial charge in [-0.15, -0.1) is 0 Å². The molecule has 4 aromatic heterocycles. The van der Waals surface area contributed by atoms with Gasteiger partial charge in [0.15, 0.2) is 5.65 Å². The summed E-state index contributed by atoms with van der Waals surface area (Å²) in [7, 11) is 0. The van der Waals surface area contributed by atoms with Gasteiger partial charge in [0.25, 0.3) is 11.5 Å². The minimum Gasteiger partial charge on any atom is -0.366 e. The van der Waals surface area contributed by atoms with E-state index in [-0.39, 0.29) is 29.2 Å². The molecule has 206 valence electrons. The van der Waals surface area contributed by atoms with Crippen molar-refractivity contribution in [1.29, 1.82) is 0 Å². The Hall–Kier alpha value is -5.06. The number of carbonyl (C=O) groups excluding carboxylic acids is 1. The number of fused-ring (bicyclic) bond motifs is 1. The summed E-state index contributed by atoms with van der Waals surface area (Å²) in [6, 6.07) is 15.3. The molecule has 0 atom stereocenters. The summed E-state index contributed by atoms with van der Waals surface area (Å²) < 4.78 is 3.09. The molecule has 11 heteroatoms. The summed E-state index contributed by atoms with van der Waals surface area (Å²) in [5, 5.41) is 6.22. The van der Waals surface area contributed by atoms with Crippen LogP contribution in [0.4, 0.5) is 5.82 Å². The lowest BCUT2D eigenvalue weighted by Crippen LogP contribution is -2.39. The normalized spacial score (nSPS) is 14.7. The highest BCUT2D eigenvalue weighted by molar-refractivity contribution is 5.93. The quantitative estimate of drug-likeness (QED) is 0.256. The van der Waals surface area contributed by atoms with E-state index in [0.29, 0.717) is 41.5 Å². The van der Waals surface area contributed by atoms with Gasteiger partial charge in [-0.1, -0.05) is 24.3 Å². The molecule has 7 rings (SSSR count). The molecule has 2 saturated carbocycles. The van der Waals surface area contributed by atoms with E-state index in [4.69, 9.17) is 0 Å². The van der Waals surface area contributed by atoms with Crippen molar-refractivity contribution in [3.63, 3.8) is 0 Å². The number of imidazole rings is 1. The summed E-state index contributed by atoms with van der Waals surface area (Å²) >= 11 is 0. The van der Waals surface area contributed by atoms with Crippen LogP contribution in [-0.2, 0) is 13.1 Å². The zero-order chi connectivity index (χ0) is 27.9. The lowest BCUT2D eigenvalue weighted by Gasteiger charge is -2.09. The lowest BCUT2D eigenvalue weighted by atomic mass is 10.1. The Morgan fingerprint density at radius 3 is 2.29 bits per heavy atom. The van der Waals surface area contributed by atoms with Gasteiger partial charge in [0.1, 0.15) is 17.2 Å². The zero-order valence-electron chi connectivity index (χ0n) is 22.2. The minimum absolute atomic E-state index is 0.00217. The number of anilines is 1. The second-order valence-electron chi connectivity index (χ2n) is 10.6. The van der Waals surface area contributed by atoms with E-state index in [9.17, 15) is 14.4 Å². The first-order valence-corrected chi connectivity index (χ1v) is 13.8. The molecule has 1 aromatic carbocycles. The largest absolute Gasteiger partial charge is 0.366 e. The van der Waals surface area contributed by atoms with Gasteiger partial charge >= 0.3 is 5.69 Å². The van der Waals surface area contributed by atoms with Crippen LogP contribution in [0.3, 0.4) is 0 Å². The fraction of sp³-hybridized carbons (Fsp3) is 0.267. The van der Waals surface area contributed by atoms with E-state index < -0.39 is 0 Å². The Kier molecular flexibility index (Phi) is 6.18. The average molecular weight is 549 g/mol. The molecule has 0 aliphatic heterocycles. The first-order chi connectivity index (χ1) is 20.0. The zero-order valence-corrected chi connectivity index (χ0v) is 22.2. The maximum Gasteiger partial charge on any atom is 0.333 e. The van der Waals surface area contributed by atoms with E-state index in [0.717, 1.165) is 42.4 Å². The number of amides is 1. The van der Waals surface area contributed by atoms with E-state index >= 15 is 0 Å². The Labute approximate surface area is 234 Å². The van der Waals surface area contributed by atoms with Crippen LogP contribution in [0.25, 0.3) is 22.6 Å². The predicted octanol–water partition coefficient (Wildman–Crippen LogP) is 3.56. The first kappa shape index (κ1) is 24.9. The van der Waals surface area contributed by atoms with E-state index in [1.807, 2.05) is 36.4 Å². The number of benzene rings is 1. The summed E-state index contributed by atoms with van der Waals surface area (Å²) in [6.07, 6.45) is 8.45. The van der Waals surface area contributed by atoms with E-state index in [2.05, 4.69) is 30.6 Å². The molecule has 2 aliphatic rings. The van der Waals surface area contributed by atoms with Gasteiger partial charge in [0.2, 0.25) is 0 Å². The highest BCUT2D eigenvalue weighted by Crippen LogP contribution is 2.37. The number of rotatable bonds is 9. The van der Waals surface area contributed by atoms with Gasteiger partial charge in [-0.3, -0.25) is 23.7 Å². The molecule has 3 N–H and O–H groups in total. The summed E-state index contributed by atoms with van der Waals surface area (Å²) in [4.78, 5) is 54.8. The van der Waals surface area contributed by atoms with Crippen LogP contribution in [0, 0.1) is 0 Å². The molecular weight excluding hydrogens is 520 g/mol. The van der Waals surface area contributed by atoms with Crippen molar-refractivity contribution in [1.82, 2.24) is 34.4 Å². The fourth-order valence-electron chi connectivity index (χ4n) is 4.94. The number of aromatic amines is 1. The average Bonchev–Trinajstić information content (AvgIpc) is 3.95. The van der Waals surface area contributed by atoms with Crippen LogP contribution in [0.1, 0.15) is 59.3 Å². The molecule has 0 saturated heterocycles. The molecule has 0 unspecified atom stereocenters. The van der Waals surface area contributed by atoms with Gasteiger partial charge in [-0.25, -0.2) is 14.8 Å². The highest BCUT2D eigenvalue weighted by Gasteiger charge is 2.34. The number of nitrogens with one attached hydrogen (secondary N) is 3. The van der Waals surface area contributed by atoms with E-state index in [1.165, 1.54) is 4.57 Å². The second-order valence-corrected chi connectivity index (χ2v) is 10.6. The third-order valence-corrected chi connectivity index (χ3v) is 7.49. The monoisotopic (exact) mass is 548 g/mol. The van der Waals surface area contributed by atoms with Crippen molar-refractivity contribution in [2.45, 2.75) is 50.9 Å². The number of hydrogen-bond donors (Lipinski definition) is 3. The fourth-order valence-corrected chi connectivity index (χ4v) is 4.94. The molecule has 5 aromatic rings. The van der Waals surface area contributed by atoms with E-state index in [1.54, 1.807) is 35.3 Å². The number of nitrogens with zero attached hydrogens (tertiary/aromatic N) is 5. The van der Waals surface area contributed by atoms with Crippen molar-refractivity contribution in [2.24, 2.45) is 0 Å². The van der Waals surface area contributed by atoms with Crippen molar-refractivity contribution in [3.05, 3.63) is 105 Å². The molecular formula is C30H28N8O3. The number of carbonyl (C=O) groups is 1. The van der Waals surface area contributed by atoms with Crippen LogP contribution in [0.5, 0.6) is 0 Å². The molecule has 4 heterocycles. The third kappa shape index (κ3) is 5.02. The molecule has 41 heavy (non-hydrogen) atoms. The van der Waals surface area contributed by atoms with Crippen LogP contribution < -0.4 is 21.9 Å². The summed E-state index contributed by atoms with van der Waals surface area (Å²) in [5.74, 6) is 1.06. The number of hydrogen-bond acceptors (Lipinski definition) is 7. The van der Waals surface area contributed by atoms with Crippen molar-refractivity contribution >= 4 is 22.9 Å². The highest BCUT2D eigenvalue weighted by atomic mass is 16.2. The molecule has 2 fully saturated rings. The minimum atomic E-state index is -0.295. The van der Waals surface area contributed by atoms with Crippen molar-refractivity contribution in [2.75, 3.05) is 5.32 Å². The standard InChI is InChI=1S/C30H28N8O3/c39-28(21-2-1-13-31-16-21)34-15-19-5-3-18(4-6-19)14-32-24-12-7-20(17-33-24)26-35-25-27(36-26)37(22-8-9-22)30(41)38(29(25)40)23-10-11-23/h1-7,12-13,16-17,22-23H,8-11,14-15H2,(H,32,33)(H,34,39)(H,35,36). The Bertz CT molecular complexity index is 1850. The van der Waals surface area contributed by atoms with Crippen molar-refractivity contribution in [3.8, 4) is 11.4 Å². The molecule has 2 aliphatic carbocycles. The van der Waals surface area contributed by atoms with Crippen molar-refractivity contribution < 1.29 is 4.79 Å². The summed E-state index contributed by atoms with van der Waals surface area (Å²) in [5.41, 5.74) is 3.59. The van der Waals surface area contributed by atoms with Crippen LogP contribution in [-0.4, -0.2) is 35.0 Å². The first-order valence-electron chi connectivity index (χ1n) is 13.8. The van der Waals surface area contributed by atoms with Gasteiger partial charge in [0, 0.05) is 49.3 Å². The Balaban J connectivity index is 1.01. The van der Waals surface area contributed by atoms with Crippen LogP contribution in [0.2, 0.25) is 0 Å². The van der Waals surface area contributed by atoms with Crippen LogP contribution >= 0.6 is 0 Å². The maximum absolute atomic E-state index is 13.1. The second kappa shape index (κ2) is 10.2. The molecule has 1 amide bonds. The lowest BCUT2D eigenvalue weighted by molar-refractivity contribution is 0.0950. The van der Waals surface area contributed by atoms with Gasteiger partial charge in [-0.2, -0.15) is 0 Å². The summed E-state index contributed by atoms with van der Waals surface area (Å²) in [6.45, 7) is 1.01. The third-order valence-electron chi connectivity index (χ3n) is 7.49.